The Morgan fingerprint density at radius 1 is 1.13 bits per heavy atom. The second-order valence-corrected chi connectivity index (χ2v) is 8.96. The van der Waals surface area contributed by atoms with Gasteiger partial charge in [0.1, 0.15) is 5.66 Å². The maximum absolute atomic E-state index is 12.5. The zero-order valence-corrected chi connectivity index (χ0v) is 18.6. The largest absolute Gasteiger partial charge is 0.493 e. The summed E-state index contributed by atoms with van der Waals surface area (Å²) in [5.74, 6) is 1.46. The van der Waals surface area contributed by atoms with E-state index in [-0.39, 0.29) is 17.4 Å². The molecule has 158 valence electrons. The predicted octanol–water partition coefficient (Wildman–Crippen LogP) is 4.43. The first kappa shape index (κ1) is 20.3. The molecule has 1 saturated heterocycles. The lowest BCUT2D eigenvalue weighted by Gasteiger charge is -2.40. The molecule has 0 spiro atoms. The highest BCUT2D eigenvalue weighted by Gasteiger charge is 2.59. The zero-order valence-electron chi connectivity index (χ0n) is 18.6. The molecule has 1 atom stereocenters. The summed E-state index contributed by atoms with van der Waals surface area (Å²) in [4.78, 5) is 14.7. The van der Waals surface area contributed by atoms with Crippen LogP contribution in [0.15, 0.2) is 42.5 Å². The summed E-state index contributed by atoms with van der Waals surface area (Å²) in [5, 5.41) is 3.27. The number of aryl methyl sites for hydroxylation is 1. The quantitative estimate of drug-likeness (QED) is 0.798. The van der Waals surface area contributed by atoms with Gasteiger partial charge in [-0.25, -0.2) is 0 Å². The fourth-order valence-corrected chi connectivity index (χ4v) is 4.64. The Morgan fingerprint density at radius 3 is 2.60 bits per heavy atom. The minimum absolute atomic E-state index is 0.0391. The molecule has 5 heteroatoms. The van der Waals surface area contributed by atoms with Gasteiger partial charge in [0.05, 0.1) is 19.8 Å². The highest BCUT2D eigenvalue weighted by atomic mass is 16.5. The Morgan fingerprint density at radius 2 is 1.90 bits per heavy atom. The van der Waals surface area contributed by atoms with Gasteiger partial charge >= 0.3 is 0 Å². The Labute approximate surface area is 178 Å². The molecule has 1 amide bonds. The van der Waals surface area contributed by atoms with Crippen LogP contribution in [0.3, 0.4) is 0 Å². The van der Waals surface area contributed by atoms with Gasteiger partial charge in [-0.2, -0.15) is 0 Å². The number of nitrogens with one attached hydrogen (secondary N) is 1. The van der Waals surface area contributed by atoms with Gasteiger partial charge in [-0.1, -0.05) is 43.7 Å². The number of fused-ring (bicyclic) bond motifs is 3. The Kier molecular flexibility index (Phi) is 4.80. The van der Waals surface area contributed by atoms with Gasteiger partial charge in [0, 0.05) is 11.1 Å². The molecular weight excluding hydrogens is 376 g/mol. The molecular formula is C25H30N2O3. The topological polar surface area (TPSA) is 50.8 Å². The van der Waals surface area contributed by atoms with E-state index in [9.17, 15) is 4.79 Å². The van der Waals surface area contributed by atoms with Crippen molar-refractivity contribution in [2.45, 2.75) is 51.8 Å². The van der Waals surface area contributed by atoms with Crippen molar-refractivity contribution < 1.29 is 14.3 Å². The molecule has 0 bridgehead atoms. The van der Waals surface area contributed by atoms with E-state index in [2.05, 4.69) is 61.3 Å². The van der Waals surface area contributed by atoms with E-state index in [1.807, 2.05) is 32.0 Å². The zero-order chi connectivity index (χ0) is 21.7. The molecule has 0 aromatic heterocycles. The third-order valence-electron chi connectivity index (χ3n) is 6.19. The van der Waals surface area contributed by atoms with Crippen molar-refractivity contribution in [3.63, 3.8) is 0 Å². The van der Waals surface area contributed by atoms with Crippen molar-refractivity contribution in [1.82, 2.24) is 5.32 Å². The lowest BCUT2D eigenvalue weighted by molar-refractivity contribution is -0.118. The average Bonchev–Trinajstić information content (AvgIpc) is 3.11. The average molecular weight is 407 g/mol. The van der Waals surface area contributed by atoms with E-state index >= 15 is 0 Å². The van der Waals surface area contributed by atoms with Gasteiger partial charge in [-0.15, -0.1) is 0 Å². The number of ether oxygens (including phenoxy) is 2. The molecule has 2 heterocycles. The van der Waals surface area contributed by atoms with Crippen molar-refractivity contribution >= 4 is 17.7 Å². The van der Waals surface area contributed by atoms with Crippen LogP contribution in [-0.4, -0.2) is 31.3 Å². The molecule has 30 heavy (non-hydrogen) atoms. The van der Waals surface area contributed by atoms with E-state index in [0.717, 1.165) is 17.0 Å². The molecule has 0 saturated carbocycles. The van der Waals surface area contributed by atoms with Crippen molar-refractivity contribution in [2.24, 2.45) is 0 Å². The highest BCUT2D eigenvalue weighted by molar-refractivity contribution is 5.91. The molecule has 2 aromatic carbocycles. The minimum atomic E-state index is -0.611. The molecule has 1 N–H and O–H groups in total. The molecule has 0 radical (unpaired) electrons. The summed E-state index contributed by atoms with van der Waals surface area (Å²) in [6.07, 6.45) is 4.24. The maximum Gasteiger partial charge on any atom is 0.241 e. The number of hydrogen-bond acceptors (Lipinski definition) is 4. The Bertz CT molecular complexity index is 1030. The van der Waals surface area contributed by atoms with Crippen LogP contribution in [0, 0.1) is 6.92 Å². The van der Waals surface area contributed by atoms with Crippen LogP contribution < -0.4 is 19.7 Å². The predicted molar refractivity (Wildman–Crippen MR) is 120 cm³/mol. The molecule has 0 unspecified atom stereocenters. The fraction of sp³-hybridized carbons (Fsp3) is 0.400. The molecule has 1 fully saturated rings. The molecule has 4 rings (SSSR count). The second kappa shape index (κ2) is 7.08. The third-order valence-corrected chi connectivity index (χ3v) is 6.19. The molecule has 2 aliphatic rings. The number of methoxy groups -OCH3 is 1. The number of nitrogens with zero attached hydrogens (tertiary/aromatic N) is 1. The number of rotatable bonds is 5. The third kappa shape index (κ3) is 3.04. The number of anilines is 1. The fourth-order valence-electron chi connectivity index (χ4n) is 4.64. The van der Waals surface area contributed by atoms with Crippen LogP contribution in [0.5, 0.6) is 11.5 Å². The number of amides is 1. The summed E-state index contributed by atoms with van der Waals surface area (Å²) < 4.78 is 11.3. The first-order valence-corrected chi connectivity index (χ1v) is 10.4. The lowest BCUT2D eigenvalue weighted by atomic mass is 9.75. The number of carbonyl (C=O) groups is 1. The summed E-state index contributed by atoms with van der Waals surface area (Å²) >= 11 is 0. The maximum atomic E-state index is 12.5. The molecule has 5 nitrogen and oxygen atoms in total. The first-order valence-electron chi connectivity index (χ1n) is 10.4. The van der Waals surface area contributed by atoms with Gasteiger partial charge in [0.2, 0.25) is 5.91 Å². The van der Waals surface area contributed by atoms with Crippen molar-refractivity contribution in [3.05, 3.63) is 59.2 Å². The smallest absolute Gasteiger partial charge is 0.241 e. The van der Waals surface area contributed by atoms with E-state index in [4.69, 9.17) is 9.47 Å². The lowest BCUT2D eigenvalue weighted by Crippen LogP contribution is -2.58. The standard InChI is InChI=1S/C25H30N2O3/c1-16(2)30-21-10-8-18(14-22(21)29-6)11-12-25-24(4,5)19-13-17(3)7-9-20(19)27(25)15-23(28)26-25/h7-14,16H,15H2,1-6H3,(H,26,28)/t25-/m0/s1. The van der Waals surface area contributed by atoms with Gasteiger partial charge in [-0.3, -0.25) is 4.79 Å². The van der Waals surface area contributed by atoms with Gasteiger partial charge in [-0.05, 0) is 56.2 Å². The van der Waals surface area contributed by atoms with Crippen LogP contribution >= 0.6 is 0 Å². The number of hydrogen-bond donors (Lipinski definition) is 1. The SMILES string of the molecule is COc1cc(C=C[C@]23NC(=O)CN2c2ccc(C)cc2C3(C)C)ccc1OC(C)C. The Balaban J connectivity index is 1.74. The van der Waals surface area contributed by atoms with Crippen LogP contribution in [0.2, 0.25) is 0 Å². The van der Waals surface area contributed by atoms with E-state index in [0.29, 0.717) is 12.3 Å². The first-order chi connectivity index (χ1) is 14.2. The number of carbonyl (C=O) groups excluding carboxylic acids is 1. The molecule has 2 aliphatic heterocycles. The van der Waals surface area contributed by atoms with Gasteiger partial charge < -0.3 is 19.7 Å². The van der Waals surface area contributed by atoms with E-state index in [1.165, 1.54) is 11.1 Å². The summed E-state index contributed by atoms with van der Waals surface area (Å²) in [6.45, 7) is 10.8. The normalized spacial score (nSPS) is 21.7. The van der Waals surface area contributed by atoms with Crippen LogP contribution in [0.4, 0.5) is 5.69 Å². The monoisotopic (exact) mass is 406 g/mol. The van der Waals surface area contributed by atoms with Crippen LogP contribution in [-0.2, 0) is 10.2 Å². The summed E-state index contributed by atoms with van der Waals surface area (Å²) in [5.41, 5.74) is 3.68. The van der Waals surface area contributed by atoms with Crippen molar-refractivity contribution in [1.29, 1.82) is 0 Å². The van der Waals surface area contributed by atoms with Crippen LogP contribution in [0.25, 0.3) is 6.08 Å². The van der Waals surface area contributed by atoms with E-state index in [1.54, 1.807) is 7.11 Å². The van der Waals surface area contributed by atoms with Gasteiger partial charge in [0.25, 0.3) is 0 Å². The summed E-state index contributed by atoms with van der Waals surface area (Å²) in [6, 6.07) is 12.4. The summed E-state index contributed by atoms with van der Waals surface area (Å²) in [7, 11) is 1.65. The van der Waals surface area contributed by atoms with Gasteiger partial charge in [0.15, 0.2) is 11.5 Å². The molecule has 0 aliphatic carbocycles. The van der Waals surface area contributed by atoms with Crippen LogP contribution in [0.1, 0.15) is 44.4 Å². The number of benzene rings is 2. The van der Waals surface area contributed by atoms with Crippen molar-refractivity contribution in [2.75, 3.05) is 18.6 Å². The molecule has 2 aromatic rings. The highest BCUT2D eigenvalue weighted by Crippen LogP contribution is 2.53. The minimum Gasteiger partial charge on any atom is -0.493 e. The second-order valence-electron chi connectivity index (χ2n) is 8.96. The van der Waals surface area contributed by atoms with Crippen molar-refractivity contribution in [3.8, 4) is 11.5 Å². The Hall–Kier alpha value is -2.95. The van der Waals surface area contributed by atoms with E-state index < -0.39 is 5.66 Å².